The Labute approximate surface area is 503 Å². The molecule has 0 aliphatic carbocycles. The van der Waals surface area contributed by atoms with Gasteiger partial charge in [0.15, 0.2) is 6.10 Å². The van der Waals surface area contributed by atoms with Crippen LogP contribution in [0, 0.1) is 0 Å². The van der Waals surface area contributed by atoms with Crippen LogP contribution in [0.15, 0.2) is 72.9 Å². The molecule has 6 nitrogen and oxygen atoms in total. The van der Waals surface area contributed by atoms with Gasteiger partial charge in [0.1, 0.15) is 13.2 Å². The van der Waals surface area contributed by atoms with Crippen molar-refractivity contribution in [3.05, 3.63) is 72.9 Å². The molecule has 0 heterocycles. The first-order valence-corrected chi connectivity index (χ1v) is 35.4. The third kappa shape index (κ3) is 67.5. The summed E-state index contributed by atoms with van der Waals surface area (Å²) in [6, 6.07) is 0. The average molecular weight is 1130 g/mol. The summed E-state index contributed by atoms with van der Waals surface area (Å²) in [5.41, 5.74) is 0. The first kappa shape index (κ1) is 77.9. The van der Waals surface area contributed by atoms with E-state index in [4.69, 9.17) is 14.2 Å². The van der Waals surface area contributed by atoms with Crippen LogP contribution in [0.5, 0.6) is 0 Å². The molecule has 6 heteroatoms. The van der Waals surface area contributed by atoms with Crippen LogP contribution < -0.4 is 0 Å². The van der Waals surface area contributed by atoms with Gasteiger partial charge >= 0.3 is 17.9 Å². The molecule has 0 rings (SSSR count). The Morgan fingerprint density at radius 2 is 0.481 bits per heavy atom. The van der Waals surface area contributed by atoms with Crippen molar-refractivity contribution >= 4 is 17.9 Å². The van der Waals surface area contributed by atoms with E-state index in [1.807, 2.05) is 0 Å². The van der Waals surface area contributed by atoms with Crippen LogP contribution >= 0.6 is 0 Å². The predicted molar refractivity (Wildman–Crippen MR) is 353 cm³/mol. The summed E-state index contributed by atoms with van der Waals surface area (Å²) in [5.74, 6) is -0.876. The number of allylic oxidation sites excluding steroid dienone is 12. The van der Waals surface area contributed by atoms with Crippen molar-refractivity contribution in [1.82, 2.24) is 0 Å². The Balaban J connectivity index is 4.37. The van der Waals surface area contributed by atoms with Crippen LogP contribution in [-0.4, -0.2) is 37.2 Å². The second-order valence-corrected chi connectivity index (χ2v) is 23.8. The molecule has 0 aromatic rings. The van der Waals surface area contributed by atoms with Crippen LogP contribution in [-0.2, 0) is 28.6 Å². The molecule has 0 aliphatic heterocycles. The maximum atomic E-state index is 13.0. The number of carbonyl (C=O) groups excluding carboxylic acids is 3. The molecule has 81 heavy (non-hydrogen) atoms. The highest BCUT2D eigenvalue weighted by atomic mass is 16.6. The molecule has 0 N–H and O–H groups in total. The molecule has 1 atom stereocenters. The Kier molecular flexibility index (Phi) is 66.6. The fraction of sp³-hybridized carbons (Fsp3) is 0.800. The van der Waals surface area contributed by atoms with E-state index < -0.39 is 6.10 Å². The van der Waals surface area contributed by atoms with Crippen molar-refractivity contribution in [3.63, 3.8) is 0 Å². The van der Waals surface area contributed by atoms with Gasteiger partial charge in [0.25, 0.3) is 0 Å². The van der Waals surface area contributed by atoms with Gasteiger partial charge in [-0.05, 0) is 89.9 Å². The fourth-order valence-electron chi connectivity index (χ4n) is 10.4. The Morgan fingerprint density at radius 1 is 0.259 bits per heavy atom. The molecule has 0 aromatic carbocycles. The highest BCUT2D eigenvalue weighted by Gasteiger charge is 2.19. The molecule has 1 unspecified atom stereocenters. The summed E-state index contributed by atoms with van der Waals surface area (Å²) < 4.78 is 17.0. The van der Waals surface area contributed by atoms with Crippen molar-refractivity contribution in [2.75, 3.05) is 13.2 Å². The normalized spacial score (nSPS) is 12.5. The van der Waals surface area contributed by atoms with Crippen molar-refractivity contribution < 1.29 is 28.6 Å². The van der Waals surface area contributed by atoms with E-state index in [0.29, 0.717) is 19.3 Å². The second-order valence-electron chi connectivity index (χ2n) is 23.8. The molecule has 0 radical (unpaired) electrons. The Bertz CT molecular complexity index is 1490. The van der Waals surface area contributed by atoms with Gasteiger partial charge in [0.05, 0.1) is 0 Å². The van der Waals surface area contributed by atoms with E-state index in [9.17, 15) is 14.4 Å². The van der Waals surface area contributed by atoms with Gasteiger partial charge in [0.2, 0.25) is 0 Å². The zero-order chi connectivity index (χ0) is 58.5. The van der Waals surface area contributed by atoms with Gasteiger partial charge < -0.3 is 14.2 Å². The lowest BCUT2D eigenvalue weighted by Crippen LogP contribution is -2.30. The first-order valence-electron chi connectivity index (χ1n) is 35.4. The smallest absolute Gasteiger partial charge is 0.306 e. The van der Waals surface area contributed by atoms with Gasteiger partial charge in [-0.25, -0.2) is 0 Å². The number of hydrogen-bond acceptors (Lipinski definition) is 6. The van der Waals surface area contributed by atoms with E-state index >= 15 is 0 Å². The van der Waals surface area contributed by atoms with Crippen LogP contribution in [0.2, 0.25) is 0 Å². The van der Waals surface area contributed by atoms with Crippen molar-refractivity contribution in [3.8, 4) is 0 Å². The van der Waals surface area contributed by atoms with E-state index in [1.54, 1.807) is 0 Å². The third-order valence-corrected chi connectivity index (χ3v) is 15.7. The largest absolute Gasteiger partial charge is 0.462 e. The number of ether oxygens (including phenoxy) is 3. The van der Waals surface area contributed by atoms with Crippen LogP contribution in [0.1, 0.15) is 367 Å². The topological polar surface area (TPSA) is 78.9 Å². The van der Waals surface area contributed by atoms with E-state index in [0.717, 1.165) is 109 Å². The van der Waals surface area contributed by atoms with E-state index in [-0.39, 0.29) is 31.1 Å². The highest BCUT2D eigenvalue weighted by molar-refractivity contribution is 5.71. The van der Waals surface area contributed by atoms with Crippen LogP contribution in [0.3, 0.4) is 0 Å². The SMILES string of the molecule is CC/C=C\C/C=C\C/C=C\C/C=C\C/C=C\CCCCCCCC(=O)OC(COC(=O)CCCCCCCCCCCCC/C=C\CCCCCCCCCC)COC(=O)CCCCCCCCCCCCCCCCCCCCC. The van der Waals surface area contributed by atoms with Gasteiger partial charge in [0, 0.05) is 19.3 Å². The molecule has 470 valence electrons. The molecule has 0 fully saturated rings. The zero-order valence-electron chi connectivity index (χ0n) is 54.1. The summed E-state index contributed by atoms with van der Waals surface area (Å²) in [4.78, 5) is 38.5. The molecule has 0 amide bonds. The van der Waals surface area contributed by atoms with Crippen LogP contribution in [0.4, 0.5) is 0 Å². The summed E-state index contributed by atoms with van der Waals surface area (Å²) >= 11 is 0. The lowest BCUT2D eigenvalue weighted by molar-refractivity contribution is -0.167. The van der Waals surface area contributed by atoms with Crippen molar-refractivity contribution in [2.45, 2.75) is 374 Å². The fourth-order valence-corrected chi connectivity index (χ4v) is 10.4. The number of hydrogen-bond donors (Lipinski definition) is 0. The van der Waals surface area contributed by atoms with Gasteiger partial charge in [-0.15, -0.1) is 0 Å². The predicted octanol–water partition coefficient (Wildman–Crippen LogP) is 24.4. The second kappa shape index (κ2) is 69.3. The maximum Gasteiger partial charge on any atom is 0.306 e. The first-order chi connectivity index (χ1) is 40.0. The molecule has 0 saturated heterocycles. The Morgan fingerprint density at radius 3 is 0.765 bits per heavy atom. The molecule has 0 spiro atoms. The summed E-state index contributed by atoms with van der Waals surface area (Å²) in [7, 11) is 0. The average Bonchev–Trinajstić information content (AvgIpc) is 3.47. The molecular weight excluding hydrogens is 997 g/mol. The third-order valence-electron chi connectivity index (χ3n) is 15.7. The number of carbonyl (C=O) groups is 3. The highest BCUT2D eigenvalue weighted by Crippen LogP contribution is 2.18. The summed E-state index contributed by atoms with van der Waals surface area (Å²) in [6.45, 7) is 6.57. The standard InChI is InChI=1S/C75H134O6/c1-4-7-10-13-16-19-22-25-28-31-34-36-37-39-41-44-47-50-53-56-59-62-65-68-74(77)80-71-72(70-79-73(76)67-64-61-58-55-52-49-46-43-40-33-30-27-24-21-18-15-12-9-6-3)81-75(78)69-66-63-60-57-54-51-48-45-42-38-35-32-29-26-23-20-17-14-11-8-5-2/h8,11,17,20,26,29,31,34-35,38,45,48,72H,4-7,9-10,12-16,18-19,21-25,27-28,30,32-33,36-37,39-44,46-47,49-71H2,1-3H3/b11-8-,20-17-,29-26-,34-31-,38-35-,48-45-. The lowest BCUT2D eigenvalue weighted by Gasteiger charge is -2.18. The molecule has 0 aliphatic rings. The minimum absolute atomic E-state index is 0.0798. The Hall–Kier alpha value is -3.15. The minimum atomic E-state index is -0.787. The van der Waals surface area contributed by atoms with Crippen molar-refractivity contribution in [1.29, 1.82) is 0 Å². The number of esters is 3. The van der Waals surface area contributed by atoms with E-state index in [1.165, 1.54) is 218 Å². The van der Waals surface area contributed by atoms with Gasteiger partial charge in [-0.3, -0.25) is 14.4 Å². The lowest BCUT2D eigenvalue weighted by atomic mass is 10.0. The molecule has 0 bridgehead atoms. The summed E-state index contributed by atoms with van der Waals surface area (Å²) in [5, 5.41) is 0. The molecular formula is C75H134O6. The minimum Gasteiger partial charge on any atom is -0.462 e. The maximum absolute atomic E-state index is 13.0. The molecule has 0 saturated carbocycles. The number of unbranched alkanes of at least 4 members (excludes halogenated alkanes) is 42. The number of rotatable bonds is 65. The van der Waals surface area contributed by atoms with Crippen LogP contribution in [0.25, 0.3) is 0 Å². The quantitative estimate of drug-likeness (QED) is 0.0261. The van der Waals surface area contributed by atoms with E-state index in [2.05, 4.69) is 93.7 Å². The van der Waals surface area contributed by atoms with Gasteiger partial charge in [-0.1, -0.05) is 331 Å². The van der Waals surface area contributed by atoms with Gasteiger partial charge in [-0.2, -0.15) is 0 Å². The monoisotopic (exact) mass is 1130 g/mol. The summed E-state index contributed by atoms with van der Waals surface area (Å²) in [6.07, 6.45) is 90.6. The molecule has 0 aromatic heterocycles. The van der Waals surface area contributed by atoms with Crippen molar-refractivity contribution in [2.24, 2.45) is 0 Å². The zero-order valence-corrected chi connectivity index (χ0v) is 54.1.